The highest BCUT2D eigenvalue weighted by Gasteiger charge is 2.23. The summed E-state index contributed by atoms with van der Waals surface area (Å²) in [6, 6.07) is 0. The van der Waals surface area contributed by atoms with Crippen molar-refractivity contribution in [1.82, 2.24) is 9.38 Å². The van der Waals surface area contributed by atoms with E-state index in [4.69, 9.17) is 9.47 Å². The first-order chi connectivity index (χ1) is 10.3. The zero-order valence-corrected chi connectivity index (χ0v) is 12.2. The van der Waals surface area contributed by atoms with E-state index in [9.17, 15) is 10.1 Å². The maximum Gasteiger partial charge on any atom is 0.372 e. The third-order valence-corrected chi connectivity index (χ3v) is 4.03. The Balaban J connectivity index is 1.51. The Bertz CT molecular complexity index is 620. The third-order valence-electron chi connectivity index (χ3n) is 3.28. The Morgan fingerprint density at radius 2 is 2.57 bits per heavy atom. The van der Waals surface area contributed by atoms with E-state index in [2.05, 4.69) is 10.3 Å². The maximum absolute atomic E-state index is 11.1. The van der Waals surface area contributed by atoms with Crippen molar-refractivity contribution in [1.29, 1.82) is 0 Å². The number of hydrogen-bond acceptors (Lipinski definition) is 7. The van der Waals surface area contributed by atoms with E-state index in [0.717, 1.165) is 19.4 Å². The molecule has 1 saturated heterocycles. The van der Waals surface area contributed by atoms with Gasteiger partial charge in [-0.1, -0.05) is 11.3 Å². The maximum atomic E-state index is 11.1. The summed E-state index contributed by atoms with van der Waals surface area (Å²) in [6.07, 6.45) is 3.96. The lowest BCUT2D eigenvalue weighted by Crippen LogP contribution is -2.18. The second kappa shape index (κ2) is 6.37. The Labute approximate surface area is 124 Å². The number of imidazole rings is 1. The van der Waals surface area contributed by atoms with E-state index in [0.29, 0.717) is 24.7 Å². The first-order valence-corrected chi connectivity index (χ1v) is 7.67. The Morgan fingerprint density at radius 3 is 3.33 bits per heavy atom. The summed E-state index contributed by atoms with van der Waals surface area (Å²) in [4.78, 5) is 15.5. The van der Waals surface area contributed by atoms with Gasteiger partial charge >= 0.3 is 5.82 Å². The molecule has 1 atom stereocenters. The van der Waals surface area contributed by atoms with Gasteiger partial charge in [-0.3, -0.25) is 0 Å². The van der Waals surface area contributed by atoms with E-state index < -0.39 is 4.92 Å². The van der Waals surface area contributed by atoms with Crippen LogP contribution in [0.15, 0.2) is 11.6 Å². The van der Waals surface area contributed by atoms with Crippen LogP contribution >= 0.6 is 11.3 Å². The third kappa shape index (κ3) is 3.14. The summed E-state index contributed by atoms with van der Waals surface area (Å²) < 4.78 is 12.4. The fourth-order valence-corrected chi connectivity index (χ4v) is 3.01. The van der Waals surface area contributed by atoms with E-state index in [1.165, 1.54) is 15.7 Å². The molecule has 2 aromatic heterocycles. The minimum atomic E-state index is -0.428. The number of thiazole rings is 1. The van der Waals surface area contributed by atoms with Crippen LogP contribution < -0.4 is 5.32 Å². The number of fused-ring (bicyclic) bond motifs is 1. The lowest BCUT2D eigenvalue weighted by molar-refractivity contribution is -0.389. The number of nitrogens with one attached hydrogen (secondary N) is 1. The lowest BCUT2D eigenvalue weighted by atomic mass is 10.2. The van der Waals surface area contributed by atoms with Gasteiger partial charge in [-0.05, 0) is 17.8 Å². The molecule has 9 heteroatoms. The van der Waals surface area contributed by atoms with Gasteiger partial charge in [-0.25, -0.2) is 0 Å². The molecule has 1 N–H and O–H groups in total. The summed E-state index contributed by atoms with van der Waals surface area (Å²) in [5, 5.41) is 15.8. The van der Waals surface area contributed by atoms with E-state index in [1.807, 2.05) is 0 Å². The molecule has 3 heterocycles. The molecule has 0 bridgehead atoms. The predicted octanol–water partition coefficient (Wildman–Crippen LogP) is 1.91. The van der Waals surface area contributed by atoms with Crippen LogP contribution in [0.3, 0.4) is 0 Å². The molecule has 21 heavy (non-hydrogen) atoms. The molecule has 1 unspecified atom stereocenters. The van der Waals surface area contributed by atoms with Crippen LogP contribution in [0.1, 0.15) is 12.8 Å². The molecule has 0 radical (unpaired) electrons. The van der Waals surface area contributed by atoms with Crippen LogP contribution in [-0.2, 0) is 9.47 Å². The SMILES string of the molecule is O=[N+]([O-])c1c(NCCOCC2CCCO2)nc2sccn12. The Kier molecular flexibility index (Phi) is 4.32. The summed E-state index contributed by atoms with van der Waals surface area (Å²) in [7, 11) is 0. The van der Waals surface area contributed by atoms with E-state index in [-0.39, 0.29) is 17.7 Å². The largest absolute Gasteiger partial charge is 0.377 e. The fourth-order valence-electron chi connectivity index (χ4n) is 2.30. The first-order valence-electron chi connectivity index (χ1n) is 6.79. The molecule has 0 spiro atoms. The molecule has 1 fully saturated rings. The monoisotopic (exact) mass is 312 g/mol. The van der Waals surface area contributed by atoms with Crippen molar-refractivity contribution in [3.63, 3.8) is 0 Å². The Hall–Kier alpha value is -1.71. The molecular weight excluding hydrogens is 296 g/mol. The standard InChI is InChI=1S/C12H16N4O4S/c17-16(18)11-10(14-12-15(11)4-7-21-12)13-3-6-19-8-9-2-1-5-20-9/h4,7,9,13H,1-3,5-6,8H2. The van der Waals surface area contributed by atoms with Crippen LogP contribution in [0.2, 0.25) is 0 Å². The van der Waals surface area contributed by atoms with Crippen LogP contribution in [0.4, 0.5) is 11.6 Å². The quantitative estimate of drug-likeness (QED) is 0.477. The van der Waals surface area contributed by atoms with Crippen LogP contribution in [0.25, 0.3) is 4.96 Å². The van der Waals surface area contributed by atoms with Gasteiger partial charge in [-0.2, -0.15) is 9.38 Å². The molecule has 0 aromatic carbocycles. The van der Waals surface area contributed by atoms with Crippen molar-refractivity contribution >= 4 is 27.9 Å². The Morgan fingerprint density at radius 1 is 1.67 bits per heavy atom. The zero-order valence-electron chi connectivity index (χ0n) is 11.4. The predicted molar refractivity (Wildman–Crippen MR) is 78.0 cm³/mol. The van der Waals surface area contributed by atoms with Gasteiger partial charge in [0.05, 0.1) is 19.3 Å². The van der Waals surface area contributed by atoms with E-state index in [1.54, 1.807) is 11.6 Å². The summed E-state index contributed by atoms with van der Waals surface area (Å²) in [5.41, 5.74) is 0. The minimum absolute atomic E-state index is 0.0367. The highest BCUT2D eigenvalue weighted by molar-refractivity contribution is 7.15. The molecule has 8 nitrogen and oxygen atoms in total. The molecule has 0 saturated carbocycles. The van der Waals surface area contributed by atoms with E-state index >= 15 is 0 Å². The smallest absolute Gasteiger partial charge is 0.372 e. The zero-order chi connectivity index (χ0) is 14.7. The average Bonchev–Trinajstić information content (AvgIpc) is 3.13. The molecule has 0 aliphatic carbocycles. The van der Waals surface area contributed by atoms with Gasteiger partial charge < -0.3 is 24.9 Å². The van der Waals surface area contributed by atoms with Gasteiger partial charge in [-0.15, -0.1) is 0 Å². The van der Waals surface area contributed by atoms with Gasteiger partial charge in [0.15, 0.2) is 0 Å². The number of hydrogen-bond donors (Lipinski definition) is 1. The van der Waals surface area contributed by atoms with Gasteiger partial charge in [0.25, 0.3) is 4.96 Å². The molecule has 3 rings (SSSR count). The van der Waals surface area contributed by atoms with Crippen molar-refractivity contribution in [2.75, 3.05) is 31.7 Å². The molecule has 2 aromatic rings. The van der Waals surface area contributed by atoms with Crippen molar-refractivity contribution in [3.8, 4) is 0 Å². The summed E-state index contributed by atoms with van der Waals surface area (Å²) >= 11 is 1.36. The van der Waals surface area contributed by atoms with Gasteiger partial charge in [0.1, 0.15) is 6.20 Å². The number of nitro groups is 1. The van der Waals surface area contributed by atoms with Crippen molar-refractivity contribution in [2.24, 2.45) is 0 Å². The second-order valence-electron chi connectivity index (χ2n) is 4.73. The van der Waals surface area contributed by atoms with Gasteiger partial charge in [0.2, 0.25) is 5.82 Å². The molecule has 1 aliphatic rings. The number of anilines is 1. The number of rotatable bonds is 7. The normalized spacial score (nSPS) is 18.4. The van der Waals surface area contributed by atoms with Crippen LogP contribution in [-0.4, -0.2) is 46.8 Å². The molecule has 114 valence electrons. The fraction of sp³-hybridized carbons (Fsp3) is 0.583. The summed E-state index contributed by atoms with van der Waals surface area (Å²) in [5.74, 6) is 0.248. The minimum Gasteiger partial charge on any atom is -0.377 e. The van der Waals surface area contributed by atoms with Gasteiger partial charge in [0, 0.05) is 18.5 Å². The van der Waals surface area contributed by atoms with Crippen LogP contribution in [0, 0.1) is 10.1 Å². The highest BCUT2D eigenvalue weighted by atomic mass is 32.1. The van der Waals surface area contributed by atoms with Crippen molar-refractivity contribution in [2.45, 2.75) is 18.9 Å². The number of ether oxygens (including phenoxy) is 2. The highest BCUT2D eigenvalue weighted by Crippen LogP contribution is 2.27. The number of aromatic nitrogens is 2. The number of nitrogens with zero attached hydrogens (tertiary/aromatic N) is 3. The van der Waals surface area contributed by atoms with Crippen molar-refractivity contribution < 1.29 is 14.4 Å². The lowest BCUT2D eigenvalue weighted by Gasteiger charge is -2.10. The summed E-state index contributed by atoms with van der Waals surface area (Å²) in [6.45, 7) is 2.31. The average molecular weight is 312 g/mol. The molecule has 1 aliphatic heterocycles. The second-order valence-corrected chi connectivity index (χ2v) is 5.61. The molecular formula is C12H16N4O4S. The first kappa shape index (κ1) is 14.2. The van der Waals surface area contributed by atoms with Crippen LogP contribution in [0.5, 0.6) is 0 Å². The molecule has 0 amide bonds. The topological polar surface area (TPSA) is 90.9 Å². The van der Waals surface area contributed by atoms with Crippen molar-refractivity contribution in [3.05, 3.63) is 21.7 Å².